The number of esters is 1. The molecule has 0 saturated carbocycles. The summed E-state index contributed by atoms with van der Waals surface area (Å²) < 4.78 is 10.3. The van der Waals surface area contributed by atoms with Gasteiger partial charge in [0.2, 0.25) is 0 Å². The lowest BCUT2D eigenvalue weighted by Gasteiger charge is -2.31. The summed E-state index contributed by atoms with van der Waals surface area (Å²) in [6, 6.07) is 0. The third-order valence-corrected chi connectivity index (χ3v) is 6.43. The maximum atomic E-state index is 12.1. The van der Waals surface area contributed by atoms with Gasteiger partial charge in [-0.05, 0) is 56.8 Å². The van der Waals surface area contributed by atoms with Gasteiger partial charge in [0.15, 0.2) is 0 Å². The van der Waals surface area contributed by atoms with Crippen LogP contribution < -0.4 is 0 Å². The molecule has 1 aliphatic rings. The Kier molecular flexibility index (Phi) is 16.1. The van der Waals surface area contributed by atoms with Crippen molar-refractivity contribution in [3.63, 3.8) is 0 Å². The minimum Gasteiger partial charge on any atom is -0.463 e. The molecule has 0 aliphatic carbocycles. The largest absolute Gasteiger partial charge is 0.463 e. The quantitative estimate of drug-likeness (QED) is 0.145. The molecule has 196 valence electrons. The summed E-state index contributed by atoms with van der Waals surface area (Å²) in [5, 5.41) is 29.3. The number of aliphatic hydroxyl groups is 3. The Morgan fingerprint density at radius 1 is 0.941 bits per heavy atom. The number of aliphatic hydroxyl groups excluding tert-OH is 3. The average Bonchev–Trinajstić information content (AvgIpc) is 3.16. The molecule has 1 rings (SSSR count). The molecule has 34 heavy (non-hydrogen) atoms. The average molecular weight is 481 g/mol. The third-order valence-electron chi connectivity index (χ3n) is 6.43. The Balaban J connectivity index is 2.47. The predicted octanol–water partition coefficient (Wildman–Crippen LogP) is 5.02. The maximum Gasteiger partial charge on any atom is 0.305 e. The maximum absolute atomic E-state index is 12.1. The first-order valence-electron chi connectivity index (χ1n) is 13.2. The molecule has 1 heterocycles. The van der Waals surface area contributed by atoms with Crippen LogP contribution in [0.25, 0.3) is 0 Å². The number of carbonyl (C=O) groups excluding carboxylic acids is 1. The predicted molar refractivity (Wildman–Crippen MR) is 136 cm³/mol. The summed E-state index contributed by atoms with van der Waals surface area (Å²) in [5.74, 6) is -0.360. The van der Waals surface area contributed by atoms with Crippen LogP contribution >= 0.6 is 0 Å². The Labute approximate surface area is 206 Å². The number of allylic oxidation sites excluding steroid dienone is 6. The molecule has 4 unspecified atom stereocenters. The van der Waals surface area contributed by atoms with E-state index in [9.17, 15) is 20.1 Å². The highest BCUT2D eigenvalue weighted by Gasteiger charge is 2.39. The second-order valence-electron chi connectivity index (χ2n) is 9.42. The van der Waals surface area contributed by atoms with Crippen LogP contribution in [0.3, 0.4) is 0 Å². The summed E-state index contributed by atoms with van der Waals surface area (Å²) in [4.78, 5) is 12.1. The zero-order chi connectivity index (χ0) is 25.2. The van der Waals surface area contributed by atoms with Crippen molar-refractivity contribution >= 4 is 5.97 Å². The van der Waals surface area contributed by atoms with Gasteiger partial charge in [-0.25, -0.2) is 0 Å². The number of ether oxygens (including phenoxy) is 2. The van der Waals surface area contributed by atoms with Crippen LogP contribution in [0.1, 0.15) is 91.4 Å². The van der Waals surface area contributed by atoms with E-state index in [0.29, 0.717) is 6.42 Å². The molecule has 6 heteroatoms. The molecule has 1 fully saturated rings. The lowest BCUT2D eigenvalue weighted by molar-refractivity contribution is -0.151. The van der Waals surface area contributed by atoms with E-state index >= 15 is 0 Å². The van der Waals surface area contributed by atoms with E-state index in [1.54, 1.807) is 0 Å². The molecule has 0 amide bonds. The van der Waals surface area contributed by atoms with Crippen LogP contribution in [0, 0.1) is 5.41 Å². The fraction of sp³-hybridized carbons (Fsp3) is 0.750. The monoisotopic (exact) mass is 480 g/mol. The molecule has 1 saturated heterocycles. The minimum absolute atomic E-state index is 0.0327. The third kappa shape index (κ3) is 11.8. The fourth-order valence-corrected chi connectivity index (χ4v) is 4.31. The Morgan fingerprint density at radius 3 is 1.97 bits per heavy atom. The summed E-state index contributed by atoms with van der Waals surface area (Å²) in [6.07, 6.45) is 20.0. The Hall–Kier alpha value is -1.47. The van der Waals surface area contributed by atoms with Crippen molar-refractivity contribution in [2.24, 2.45) is 5.41 Å². The van der Waals surface area contributed by atoms with Crippen molar-refractivity contribution in [3.8, 4) is 0 Å². The van der Waals surface area contributed by atoms with Gasteiger partial charge in [-0.15, -0.1) is 0 Å². The molecular formula is C28H48O6. The topological polar surface area (TPSA) is 96.2 Å². The number of carbonyl (C=O) groups is 1. The molecular weight excluding hydrogens is 432 g/mol. The van der Waals surface area contributed by atoms with Crippen LogP contribution in [0.15, 0.2) is 36.5 Å². The van der Waals surface area contributed by atoms with E-state index in [-0.39, 0.29) is 24.6 Å². The number of unbranched alkanes of at least 4 members (excludes halogenated alkanes) is 2. The standard InChI is InChI=1S/C28H48O6/c1-4-7-12-17-28(18-13-8-5-2,19-14-9-6-3)20-15-10-11-16-25(31)33-22-24(30)27-26(32)23(29)21-34-27/h7-9,12-14,23-24,26-27,29-30,32H,4-6,10-11,15-22H2,1-3H3/b12-7+,13-8+,14-9+. The van der Waals surface area contributed by atoms with E-state index in [1.165, 1.54) is 0 Å². The zero-order valence-electron chi connectivity index (χ0n) is 21.5. The van der Waals surface area contributed by atoms with Crippen molar-refractivity contribution in [1.29, 1.82) is 0 Å². The molecule has 3 N–H and O–H groups in total. The summed E-state index contributed by atoms with van der Waals surface area (Å²) in [5.41, 5.74) is 0.209. The molecule has 1 aliphatic heterocycles. The SMILES string of the molecule is CC/C=C/CC(C/C=C/CC)(C/C=C/CC)CCCCCC(=O)OCC(O)C1OCC(O)C1O. The smallest absolute Gasteiger partial charge is 0.305 e. The van der Waals surface area contributed by atoms with Crippen LogP contribution in [-0.4, -0.2) is 58.9 Å². The van der Waals surface area contributed by atoms with Crippen LogP contribution in [0.5, 0.6) is 0 Å². The van der Waals surface area contributed by atoms with E-state index in [0.717, 1.165) is 64.2 Å². The van der Waals surface area contributed by atoms with E-state index in [2.05, 4.69) is 57.2 Å². The lowest BCUT2D eigenvalue weighted by Crippen LogP contribution is -2.41. The normalized spacial score (nSPS) is 22.4. The molecule has 6 nitrogen and oxygen atoms in total. The molecule has 0 radical (unpaired) electrons. The second-order valence-corrected chi connectivity index (χ2v) is 9.42. The van der Waals surface area contributed by atoms with Gasteiger partial charge in [0.05, 0.1) is 6.61 Å². The molecule has 0 aromatic heterocycles. The van der Waals surface area contributed by atoms with E-state index < -0.39 is 24.4 Å². The van der Waals surface area contributed by atoms with Crippen molar-refractivity contribution < 1.29 is 29.6 Å². The van der Waals surface area contributed by atoms with Gasteiger partial charge in [0.25, 0.3) is 0 Å². The molecule has 4 atom stereocenters. The number of hydrogen-bond acceptors (Lipinski definition) is 6. The van der Waals surface area contributed by atoms with Gasteiger partial charge in [0.1, 0.15) is 31.0 Å². The van der Waals surface area contributed by atoms with Gasteiger partial charge in [0, 0.05) is 6.42 Å². The molecule has 0 bridgehead atoms. The van der Waals surface area contributed by atoms with Crippen LogP contribution in [0.2, 0.25) is 0 Å². The fourth-order valence-electron chi connectivity index (χ4n) is 4.31. The first-order chi connectivity index (χ1) is 16.4. The molecule has 0 aromatic rings. The molecule has 0 spiro atoms. The van der Waals surface area contributed by atoms with E-state index in [4.69, 9.17) is 9.47 Å². The highest BCUT2D eigenvalue weighted by molar-refractivity contribution is 5.69. The van der Waals surface area contributed by atoms with Gasteiger partial charge >= 0.3 is 5.97 Å². The number of hydrogen-bond donors (Lipinski definition) is 3. The van der Waals surface area contributed by atoms with Crippen molar-refractivity contribution in [2.75, 3.05) is 13.2 Å². The van der Waals surface area contributed by atoms with E-state index in [1.807, 2.05) is 0 Å². The van der Waals surface area contributed by atoms with Crippen molar-refractivity contribution in [2.45, 2.75) is 116 Å². The Bertz CT molecular complexity index is 586. The van der Waals surface area contributed by atoms with Gasteiger partial charge in [-0.1, -0.05) is 70.1 Å². The van der Waals surface area contributed by atoms with Crippen LogP contribution in [-0.2, 0) is 14.3 Å². The first-order valence-corrected chi connectivity index (χ1v) is 13.2. The minimum atomic E-state index is -1.17. The summed E-state index contributed by atoms with van der Waals surface area (Å²) in [7, 11) is 0. The summed E-state index contributed by atoms with van der Waals surface area (Å²) >= 11 is 0. The van der Waals surface area contributed by atoms with Gasteiger partial charge in [-0.2, -0.15) is 0 Å². The highest BCUT2D eigenvalue weighted by Crippen LogP contribution is 2.38. The lowest BCUT2D eigenvalue weighted by atomic mass is 9.73. The highest BCUT2D eigenvalue weighted by atomic mass is 16.6. The zero-order valence-corrected chi connectivity index (χ0v) is 21.5. The first kappa shape index (κ1) is 30.6. The summed E-state index contributed by atoms with van der Waals surface area (Å²) in [6.45, 7) is 6.21. The van der Waals surface area contributed by atoms with Gasteiger partial charge in [-0.3, -0.25) is 4.79 Å². The van der Waals surface area contributed by atoms with Crippen molar-refractivity contribution in [1.82, 2.24) is 0 Å². The number of rotatable bonds is 18. The van der Waals surface area contributed by atoms with Crippen LogP contribution in [0.4, 0.5) is 0 Å². The van der Waals surface area contributed by atoms with Gasteiger partial charge < -0.3 is 24.8 Å². The second kappa shape index (κ2) is 17.9. The van der Waals surface area contributed by atoms with Crippen molar-refractivity contribution in [3.05, 3.63) is 36.5 Å². The molecule has 0 aromatic carbocycles. The Morgan fingerprint density at radius 2 is 1.50 bits per heavy atom.